The number of rotatable bonds is 7. The van der Waals surface area contributed by atoms with Gasteiger partial charge in [-0.05, 0) is 59.2 Å². The minimum Gasteiger partial charge on any atom is -0.490 e. The van der Waals surface area contributed by atoms with E-state index in [1.54, 1.807) is 48.5 Å². The average molecular weight is 597 g/mol. The molecule has 4 aromatic rings. The molecule has 222 valence electrons. The molecule has 0 aromatic heterocycles. The summed E-state index contributed by atoms with van der Waals surface area (Å²) in [5.41, 5.74) is 2.40. The standard InChI is InChI=1S/C37H28N2O6/c1-2-18-43-25-10-7-9-23(19-25)33(40)31-32(34(41)24-14-15-29-30(20-24)45-21-44-29)39-17-16-22-8-3-4-11-26(22)35(39)37(31)27-12-5-6-13-28(27)38-36(37)42/h2-17,19-20,31-32,35H,1,18,21H2,(H,38,42)/t31-,32+,35-,37-/m1/s1. The molecule has 1 saturated heterocycles. The molecular formula is C37H28N2O6. The molecule has 1 N–H and O–H groups in total. The number of ether oxygens (including phenoxy) is 3. The quantitative estimate of drug-likeness (QED) is 0.208. The smallest absolute Gasteiger partial charge is 0.238 e. The van der Waals surface area contributed by atoms with Gasteiger partial charge in [0.1, 0.15) is 23.8 Å². The summed E-state index contributed by atoms with van der Waals surface area (Å²) in [5, 5.41) is 3.08. The number of nitrogens with zero attached hydrogens (tertiary/aromatic N) is 1. The highest BCUT2D eigenvalue weighted by atomic mass is 16.7. The SMILES string of the molecule is C=CCOc1cccc(C(=O)[C@H]2[C@@H](C(=O)c3ccc4c(c3)OCO4)N3C=Cc4ccccc4[C@@H]3[C@]23C(=O)Nc2ccccc23)c1. The Labute approximate surface area is 259 Å². The summed E-state index contributed by atoms with van der Waals surface area (Å²) in [4.78, 5) is 46.5. The van der Waals surface area contributed by atoms with E-state index in [0.29, 0.717) is 39.6 Å². The largest absolute Gasteiger partial charge is 0.490 e. The number of anilines is 1. The Morgan fingerprint density at radius 3 is 2.62 bits per heavy atom. The second-order valence-corrected chi connectivity index (χ2v) is 11.5. The zero-order chi connectivity index (χ0) is 30.7. The van der Waals surface area contributed by atoms with Crippen LogP contribution in [0.3, 0.4) is 0 Å². The molecule has 8 heteroatoms. The van der Waals surface area contributed by atoms with Gasteiger partial charge in [-0.25, -0.2) is 0 Å². The van der Waals surface area contributed by atoms with Gasteiger partial charge in [0, 0.05) is 23.0 Å². The Morgan fingerprint density at radius 1 is 0.933 bits per heavy atom. The van der Waals surface area contributed by atoms with E-state index in [0.717, 1.165) is 11.1 Å². The summed E-state index contributed by atoms with van der Waals surface area (Å²) < 4.78 is 16.9. The first-order valence-electron chi connectivity index (χ1n) is 14.8. The van der Waals surface area contributed by atoms with Crippen molar-refractivity contribution in [1.29, 1.82) is 0 Å². The van der Waals surface area contributed by atoms with Crippen molar-refractivity contribution in [3.63, 3.8) is 0 Å². The van der Waals surface area contributed by atoms with Crippen molar-refractivity contribution in [3.05, 3.63) is 138 Å². The van der Waals surface area contributed by atoms with E-state index in [9.17, 15) is 9.59 Å². The van der Waals surface area contributed by atoms with Gasteiger partial charge in [0.15, 0.2) is 23.1 Å². The Balaban J connectivity index is 1.38. The normalized spacial score (nSPS) is 23.2. The third kappa shape index (κ3) is 3.88. The molecule has 4 heterocycles. The monoisotopic (exact) mass is 596 g/mol. The Kier molecular flexibility index (Phi) is 6.13. The number of fused-ring (bicyclic) bond motifs is 7. The number of ketones is 2. The zero-order valence-electron chi connectivity index (χ0n) is 24.1. The van der Waals surface area contributed by atoms with Gasteiger partial charge < -0.3 is 24.4 Å². The Morgan fingerprint density at radius 2 is 1.73 bits per heavy atom. The van der Waals surface area contributed by atoms with Gasteiger partial charge in [-0.15, -0.1) is 0 Å². The lowest BCUT2D eigenvalue weighted by Crippen LogP contribution is -2.49. The van der Waals surface area contributed by atoms with Crippen molar-refractivity contribution < 1.29 is 28.6 Å². The van der Waals surface area contributed by atoms with Gasteiger partial charge in [-0.3, -0.25) is 14.4 Å². The number of amides is 1. The third-order valence-corrected chi connectivity index (χ3v) is 9.27. The fraction of sp³-hybridized carbons (Fsp3) is 0.162. The van der Waals surface area contributed by atoms with E-state index in [4.69, 9.17) is 14.2 Å². The van der Waals surface area contributed by atoms with Crippen LogP contribution in [-0.4, -0.2) is 41.8 Å². The number of para-hydroxylation sites is 1. The maximum Gasteiger partial charge on any atom is 0.238 e. The van der Waals surface area contributed by atoms with Crippen LogP contribution in [0.1, 0.15) is 43.4 Å². The number of hydrogen-bond donors (Lipinski definition) is 1. The van der Waals surface area contributed by atoms with Crippen LogP contribution >= 0.6 is 0 Å². The van der Waals surface area contributed by atoms with E-state index in [2.05, 4.69) is 11.9 Å². The lowest BCUT2D eigenvalue weighted by Gasteiger charge is -2.38. The first-order valence-corrected chi connectivity index (χ1v) is 14.8. The van der Waals surface area contributed by atoms with Crippen molar-refractivity contribution in [2.45, 2.75) is 17.5 Å². The number of carbonyl (C=O) groups excluding carboxylic acids is 3. The molecule has 1 fully saturated rings. The molecule has 8 nitrogen and oxygen atoms in total. The summed E-state index contributed by atoms with van der Waals surface area (Å²) in [5.74, 6) is -0.544. The molecule has 0 aliphatic carbocycles. The van der Waals surface area contributed by atoms with E-state index in [-0.39, 0.29) is 30.9 Å². The molecular weight excluding hydrogens is 568 g/mol. The summed E-state index contributed by atoms with van der Waals surface area (Å²) >= 11 is 0. The molecule has 4 aliphatic rings. The first kappa shape index (κ1) is 27.0. The third-order valence-electron chi connectivity index (χ3n) is 9.27. The molecule has 4 aliphatic heterocycles. The van der Waals surface area contributed by atoms with Crippen molar-refractivity contribution in [2.75, 3.05) is 18.7 Å². The van der Waals surface area contributed by atoms with E-state index in [1.165, 1.54) is 0 Å². The minimum absolute atomic E-state index is 0.0650. The number of Topliss-reactive ketones (excluding diaryl/α,β-unsaturated/α-hetero) is 2. The average Bonchev–Trinajstić information content (AvgIpc) is 3.76. The van der Waals surface area contributed by atoms with Crippen molar-refractivity contribution in [1.82, 2.24) is 4.90 Å². The number of carbonyl (C=O) groups is 3. The topological polar surface area (TPSA) is 94.2 Å². The van der Waals surface area contributed by atoms with Crippen LogP contribution in [0, 0.1) is 5.92 Å². The minimum atomic E-state index is -1.43. The van der Waals surface area contributed by atoms with Gasteiger partial charge in [0.2, 0.25) is 12.7 Å². The molecule has 45 heavy (non-hydrogen) atoms. The summed E-state index contributed by atoms with van der Waals surface area (Å²) in [6.45, 7) is 4.04. The summed E-state index contributed by atoms with van der Waals surface area (Å²) in [6.07, 6.45) is 5.42. The first-order chi connectivity index (χ1) is 22.0. The molecule has 1 spiro atoms. The lowest BCUT2D eigenvalue weighted by atomic mass is 9.62. The molecule has 0 saturated carbocycles. The summed E-state index contributed by atoms with van der Waals surface area (Å²) in [6, 6.07) is 25.5. The van der Waals surface area contributed by atoms with E-state index in [1.807, 2.05) is 65.7 Å². The highest BCUT2D eigenvalue weighted by molar-refractivity contribution is 6.16. The second kappa shape index (κ2) is 10.2. The Hall–Kier alpha value is -5.63. The molecule has 8 rings (SSSR count). The zero-order valence-corrected chi connectivity index (χ0v) is 24.1. The van der Waals surface area contributed by atoms with Gasteiger partial charge in [-0.1, -0.05) is 67.3 Å². The fourth-order valence-electron chi connectivity index (χ4n) is 7.46. The highest BCUT2D eigenvalue weighted by Crippen LogP contribution is 2.62. The lowest BCUT2D eigenvalue weighted by molar-refractivity contribution is -0.122. The molecule has 0 unspecified atom stereocenters. The van der Waals surface area contributed by atoms with Crippen LogP contribution in [0.5, 0.6) is 17.2 Å². The number of benzene rings is 4. The van der Waals surface area contributed by atoms with Crippen LogP contribution < -0.4 is 19.5 Å². The van der Waals surface area contributed by atoms with Crippen LogP contribution in [-0.2, 0) is 10.2 Å². The predicted molar refractivity (Wildman–Crippen MR) is 167 cm³/mol. The van der Waals surface area contributed by atoms with Crippen LogP contribution in [0.2, 0.25) is 0 Å². The predicted octanol–water partition coefficient (Wildman–Crippen LogP) is 5.96. The molecule has 0 radical (unpaired) electrons. The van der Waals surface area contributed by atoms with E-state index < -0.39 is 23.4 Å². The van der Waals surface area contributed by atoms with Crippen molar-refractivity contribution in [2.24, 2.45) is 5.92 Å². The fourth-order valence-corrected chi connectivity index (χ4v) is 7.46. The van der Waals surface area contributed by atoms with Crippen molar-refractivity contribution >= 4 is 29.2 Å². The van der Waals surface area contributed by atoms with Gasteiger partial charge in [-0.2, -0.15) is 0 Å². The molecule has 4 aromatic carbocycles. The van der Waals surface area contributed by atoms with Gasteiger partial charge in [0.25, 0.3) is 0 Å². The van der Waals surface area contributed by atoms with Crippen molar-refractivity contribution in [3.8, 4) is 17.2 Å². The maximum absolute atomic E-state index is 15.1. The second-order valence-electron chi connectivity index (χ2n) is 11.5. The Bertz CT molecular complexity index is 1950. The van der Waals surface area contributed by atoms with Crippen LogP contribution in [0.25, 0.3) is 6.08 Å². The van der Waals surface area contributed by atoms with E-state index >= 15 is 4.79 Å². The number of hydrogen-bond acceptors (Lipinski definition) is 7. The molecule has 4 atom stereocenters. The van der Waals surface area contributed by atoms with Crippen LogP contribution in [0.15, 0.2) is 110 Å². The number of nitrogens with one attached hydrogen (secondary N) is 1. The summed E-state index contributed by atoms with van der Waals surface area (Å²) in [7, 11) is 0. The van der Waals surface area contributed by atoms with Gasteiger partial charge >= 0.3 is 0 Å². The van der Waals surface area contributed by atoms with Crippen LogP contribution in [0.4, 0.5) is 5.69 Å². The molecule has 0 bridgehead atoms. The maximum atomic E-state index is 15.1. The van der Waals surface area contributed by atoms with Gasteiger partial charge in [0.05, 0.1) is 12.0 Å². The highest BCUT2D eigenvalue weighted by Gasteiger charge is 2.70. The molecule has 1 amide bonds.